The molecule has 2 fully saturated rings. The van der Waals surface area contributed by atoms with Crippen molar-refractivity contribution < 1.29 is 51.4 Å². The number of nitrogens with one attached hydrogen (secondary N) is 4. The van der Waals surface area contributed by atoms with Crippen LogP contribution >= 0.6 is 11.3 Å². The van der Waals surface area contributed by atoms with E-state index in [2.05, 4.69) is 37.3 Å². The summed E-state index contributed by atoms with van der Waals surface area (Å²) in [6.07, 6.45) is 3.48. The molecule has 21 heteroatoms. The number of anilines is 1. The number of nitrogens with two attached hydrogens (primary N) is 1. The van der Waals surface area contributed by atoms with Crippen LogP contribution in [0.15, 0.2) is 34.8 Å². The van der Waals surface area contributed by atoms with Crippen molar-refractivity contribution in [1.29, 1.82) is 5.41 Å². The number of rotatable bonds is 14. The zero-order valence-corrected chi connectivity index (χ0v) is 30.8. The highest BCUT2D eigenvalue weighted by Gasteiger charge is 2.56. The molecule has 19 nitrogen and oxygen atoms in total. The van der Waals surface area contributed by atoms with Crippen molar-refractivity contribution in [3.8, 4) is 5.75 Å². The Hall–Kier alpha value is -4.09. The van der Waals surface area contributed by atoms with Crippen molar-refractivity contribution in [2.75, 3.05) is 26.4 Å². The predicted octanol–water partition coefficient (Wildman–Crippen LogP) is 0.795. The number of hydrogen-bond donors (Lipinski definition) is 8. The fourth-order valence-electron chi connectivity index (χ4n) is 4.63. The number of hydroxylamine groups is 2. The highest BCUT2D eigenvalue weighted by atomic mass is 32.3. The van der Waals surface area contributed by atoms with Crippen LogP contribution < -0.4 is 26.4 Å². The first-order valence-corrected chi connectivity index (χ1v) is 17.8. The Labute approximate surface area is 301 Å². The molecule has 2 saturated heterocycles. The van der Waals surface area contributed by atoms with E-state index in [0.29, 0.717) is 34.0 Å². The van der Waals surface area contributed by atoms with Crippen molar-refractivity contribution in [3.05, 3.63) is 40.9 Å². The van der Waals surface area contributed by atoms with Crippen LogP contribution in [0.4, 0.5) is 5.13 Å². The second kappa shape index (κ2) is 22.0. The molecule has 1 aromatic heterocycles. The second-order valence-corrected chi connectivity index (χ2v) is 13.3. The number of aromatic nitrogens is 1. The van der Waals surface area contributed by atoms with E-state index in [1.807, 2.05) is 38.2 Å². The lowest BCUT2D eigenvalue weighted by Crippen LogP contribution is -2.75. The lowest BCUT2D eigenvalue weighted by molar-refractivity contribution is -0.218. The number of carbonyl (C=O) groups is 3. The van der Waals surface area contributed by atoms with Gasteiger partial charge in [0.15, 0.2) is 23.2 Å². The number of nitrogens with zero attached hydrogens (tertiary/aromatic N) is 3. The Balaban J connectivity index is 0.000000430. The number of thiazole rings is 1. The van der Waals surface area contributed by atoms with Gasteiger partial charge in [0.1, 0.15) is 29.8 Å². The van der Waals surface area contributed by atoms with Crippen molar-refractivity contribution in [3.63, 3.8) is 0 Å². The molecule has 1 amide bonds. The standard InChI is InChI=1S/C18H22N4O3S.C6H12N2O5S.C5H12N2O.CH2O2/c1-3-4-17(24-14-7-5-13(9-19)6-8-14)12(2)25-22-15(10-23)16-11-26-18(20)21-16;1-6(2)4(7-3)5(9)8(6)13-14(10,11)12;1-6-4-2-5(8)7-3-4;2-1-3/h5-12,17,19H,3-4H2,1-2H3,(H2,20,21);4,7H,1-3H3,(H,10,11,12);4-8H,2-3H2,1H3;1H,(H,2,3)/b19-9?,22-15+;;;. The molecular formula is C30H48N8O11S2. The number of likely N-dealkylation sites (N-methyl/N-ethyl adjacent to an activating group) is 2. The van der Waals surface area contributed by atoms with Gasteiger partial charge in [0.25, 0.3) is 12.4 Å². The van der Waals surface area contributed by atoms with Crippen LogP contribution in [-0.4, -0.2) is 121 Å². The van der Waals surface area contributed by atoms with E-state index in [1.54, 1.807) is 26.3 Å². The quantitative estimate of drug-likeness (QED) is 0.0434. The summed E-state index contributed by atoms with van der Waals surface area (Å²) in [5, 5.41) is 38.3. The first kappa shape index (κ1) is 44.9. The molecule has 3 heterocycles. The Morgan fingerprint density at radius 2 is 1.90 bits per heavy atom. The lowest BCUT2D eigenvalue weighted by atomic mass is 9.85. The maximum atomic E-state index is 11.2. The Morgan fingerprint density at radius 1 is 1.27 bits per heavy atom. The average molecular weight is 761 g/mol. The summed E-state index contributed by atoms with van der Waals surface area (Å²) < 4.78 is 39.3. The smallest absolute Gasteiger partial charge is 0.418 e. The summed E-state index contributed by atoms with van der Waals surface area (Å²) in [6, 6.07) is 7.20. The van der Waals surface area contributed by atoms with Crippen molar-refractivity contribution in [2.45, 2.75) is 83.0 Å². The molecule has 5 unspecified atom stereocenters. The van der Waals surface area contributed by atoms with Gasteiger partial charge in [-0.3, -0.25) is 24.3 Å². The molecular weight excluding hydrogens is 713 g/mol. The third kappa shape index (κ3) is 15.0. The number of hydrogen-bond acceptors (Lipinski definition) is 17. The summed E-state index contributed by atoms with van der Waals surface area (Å²) in [6.45, 7) is 7.76. The van der Waals surface area contributed by atoms with Gasteiger partial charge in [-0.1, -0.05) is 18.5 Å². The number of aliphatic hydroxyl groups excluding tert-OH is 1. The molecule has 0 bridgehead atoms. The number of ether oxygens (including phenoxy) is 1. The van der Waals surface area contributed by atoms with Gasteiger partial charge in [-0.25, -0.2) is 4.98 Å². The Bertz CT molecular complexity index is 1520. The van der Waals surface area contributed by atoms with Crippen LogP contribution in [0.1, 0.15) is 58.2 Å². The van der Waals surface area contributed by atoms with Gasteiger partial charge in [0.2, 0.25) is 0 Å². The number of nitrogen functional groups attached to an aromatic ring is 1. The van der Waals surface area contributed by atoms with Crippen LogP contribution in [-0.2, 0) is 33.9 Å². The number of carbonyl (C=O) groups excluding carboxylic acids is 2. The number of oxime groups is 1. The Kier molecular flexibility index (Phi) is 19.4. The van der Waals surface area contributed by atoms with Gasteiger partial charge >= 0.3 is 10.4 Å². The molecule has 0 spiro atoms. The molecule has 2 aliphatic rings. The van der Waals surface area contributed by atoms with Gasteiger partial charge < -0.3 is 41.6 Å². The molecule has 2 aromatic rings. The number of amides is 1. The molecule has 0 radical (unpaired) electrons. The number of aldehydes is 1. The maximum absolute atomic E-state index is 11.2. The number of carboxylic acid groups (broad SMARTS) is 1. The van der Waals surface area contributed by atoms with E-state index in [1.165, 1.54) is 17.6 Å². The van der Waals surface area contributed by atoms with Crippen LogP contribution in [0.5, 0.6) is 5.75 Å². The topological polar surface area (TPSA) is 288 Å². The monoisotopic (exact) mass is 760 g/mol. The van der Waals surface area contributed by atoms with Gasteiger partial charge in [-0.05, 0) is 71.1 Å². The number of β-lactam (4-membered cyclic amide) rings is 1. The van der Waals surface area contributed by atoms with Gasteiger partial charge in [0.05, 0.1) is 5.54 Å². The van der Waals surface area contributed by atoms with E-state index in [0.717, 1.165) is 31.4 Å². The summed E-state index contributed by atoms with van der Waals surface area (Å²) in [7, 11) is -1.16. The average Bonchev–Trinajstić information content (AvgIpc) is 3.72. The zero-order chi connectivity index (χ0) is 38.8. The van der Waals surface area contributed by atoms with E-state index in [9.17, 15) is 18.0 Å². The van der Waals surface area contributed by atoms with Gasteiger partial charge in [-0.15, -0.1) is 15.6 Å². The van der Waals surface area contributed by atoms with Crippen LogP contribution in [0.2, 0.25) is 0 Å². The third-order valence-corrected chi connectivity index (χ3v) is 8.31. The molecule has 5 atom stereocenters. The molecule has 0 aliphatic carbocycles. The molecule has 0 saturated carbocycles. The van der Waals surface area contributed by atoms with Crippen molar-refractivity contribution in [1.82, 2.24) is 26.0 Å². The summed E-state index contributed by atoms with van der Waals surface area (Å²) >= 11 is 1.23. The highest BCUT2D eigenvalue weighted by molar-refractivity contribution is 7.80. The molecule has 9 N–H and O–H groups in total. The summed E-state index contributed by atoms with van der Waals surface area (Å²) in [5.74, 6) is 0.159. The fraction of sp³-hybridized carbons (Fsp3) is 0.533. The van der Waals surface area contributed by atoms with Crippen molar-refractivity contribution in [2.24, 2.45) is 5.16 Å². The maximum Gasteiger partial charge on any atom is 0.418 e. The molecule has 286 valence electrons. The normalized spacial score (nSPS) is 20.4. The molecule has 2 aliphatic heterocycles. The van der Waals surface area contributed by atoms with Gasteiger partial charge in [0, 0.05) is 30.6 Å². The van der Waals surface area contributed by atoms with Crippen LogP contribution in [0, 0.1) is 5.41 Å². The van der Waals surface area contributed by atoms with Crippen LogP contribution in [0.25, 0.3) is 0 Å². The second-order valence-electron chi connectivity index (χ2n) is 11.4. The summed E-state index contributed by atoms with van der Waals surface area (Å²) in [4.78, 5) is 40.4. The highest BCUT2D eigenvalue weighted by Crippen LogP contribution is 2.32. The van der Waals surface area contributed by atoms with Crippen LogP contribution in [0.3, 0.4) is 0 Å². The minimum Gasteiger partial charge on any atom is -0.486 e. The first-order valence-electron chi connectivity index (χ1n) is 15.5. The van der Waals surface area contributed by atoms with Gasteiger partial charge in [-0.2, -0.15) is 13.5 Å². The minimum atomic E-state index is -4.64. The summed E-state index contributed by atoms with van der Waals surface area (Å²) in [5.41, 5.74) is 6.07. The zero-order valence-electron chi connectivity index (χ0n) is 29.2. The SMILES string of the molecule is CCCC(Oc1ccc(C=N)cc1)C(C)O/N=C(\C=O)c1csc(N)n1.CNC1C(=O)N(OS(=O)(=O)O)C1(C)C.CNC1CNC(O)C1.O=CO. The fourth-order valence-corrected chi connectivity index (χ4v) is 5.64. The lowest BCUT2D eigenvalue weighted by Gasteiger charge is -2.50. The molecule has 51 heavy (non-hydrogen) atoms. The van der Waals surface area contributed by atoms with E-state index in [4.69, 9.17) is 40.3 Å². The first-order chi connectivity index (χ1) is 24.0. The number of benzene rings is 1. The van der Waals surface area contributed by atoms with Crippen molar-refractivity contribution >= 4 is 57.5 Å². The van der Waals surface area contributed by atoms with E-state index in [-0.39, 0.29) is 30.6 Å². The van der Waals surface area contributed by atoms with E-state index >= 15 is 0 Å². The minimum absolute atomic E-state index is 0.0929. The predicted molar refractivity (Wildman–Crippen MR) is 190 cm³/mol. The number of aliphatic hydroxyl groups is 1. The third-order valence-electron chi connectivity index (χ3n) is 7.29. The Morgan fingerprint density at radius 3 is 2.29 bits per heavy atom. The molecule has 4 rings (SSSR count). The molecule has 1 aromatic carbocycles. The largest absolute Gasteiger partial charge is 0.486 e. The van der Waals surface area contributed by atoms with E-state index < -0.39 is 27.9 Å².